The van der Waals surface area contributed by atoms with Crippen molar-refractivity contribution in [1.29, 1.82) is 5.26 Å². The molecule has 0 aromatic rings. The predicted molar refractivity (Wildman–Crippen MR) is 64.5 cm³/mol. The van der Waals surface area contributed by atoms with Gasteiger partial charge in [0.05, 0.1) is 6.07 Å². The molecule has 0 aromatic carbocycles. The average molecular weight is 241 g/mol. The van der Waals surface area contributed by atoms with E-state index in [0.717, 1.165) is 31.1 Å². The van der Waals surface area contributed by atoms with E-state index in [1.165, 1.54) is 12.8 Å². The fourth-order valence-electron chi connectivity index (χ4n) is 2.07. The molecule has 1 aliphatic heterocycles. The van der Waals surface area contributed by atoms with Crippen molar-refractivity contribution in [3.8, 4) is 6.07 Å². The molecule has 1 aliphatic carbocycles. The Morgan fingerprint density at radius 1 is 1.50 bits per heavy atom. The highest BCUT2D eigenvalue weighted by molar-refractivity contribution is 7.85. The van der Waals surface area contributed by atoms with Gasteiger partial charge in [0, 0.05) is 48.0 Å². The van der Waals surface area contributed by atoms with Crippen LogP contribution in [0.5, 0.6) is 0 Å². The second kappa shape index (κ2) is 4.82. The van der Waals surface area contributed by atoms with Crippen molar-refractivity contribution in [2.24, 2.45) is 0 Å². The van der Waals surface area contributed by atoms with Gasteiger partial charge < -0.3 is 0 Å². The second-order valence-corrected chi connectivity index (χ2v) is 6.68. The first-order chi connectivity index (χ1) is 7.61. The molecule has 2 aliphatic rings. The van der Waals surface area contributed by atoms with Crippen LogP contribution >= 0.6 is 0 Å². The Balaban J connectivity index is 1.85. The molecule has 1 N–H and O–H groups in total. The first-order valence-corrected chi connectivity index (χ1v) is 7.36. The van der Waals surface area contributed by atoms with Crippen molar-refractivity contribution in [1.82, 2.24) is 10.2 Å². The third-order valence-electron chi connectivity index (χ3n) is 3.16. The monoisotopic (exact) mass is 241 g/mol. The lowest BCUT2D eigenvalue weighted by Crippen LogP contribution is -2.53. The van der Waals surface area contributed by atoms with Gasteiger partial charge in [-0.3, -0.25) is 14.4 Å². The van der Waals surface area contributed by atoms with E-state index in [4.69, 9.17) is 0 Å². The van der Waals surface area contributed by atoms with Crippen molar-refractivity contribution in [2.75, 3.05) is 31.1 Å². The summed E-state index contributed by atoms with van der Waals surface area (Å²) >= 11 is 0. The molecule has 1 saturated carbocycles. The van der Waals surface area contributed by atoms with E-state index in [2.05, 4.69) is 16.3 Å². The normalized spacial score (nSPS) is 27.2. The van der Waals surface area contributed by atoms with Crippen LogP contribution in [0, 0.1) is 11.3 Å². The van der Waals surface area contributed by atoms with E-state index in [-0.39, 0.29) is 0 Å². The minimum absolute atomic E-state index is 0.444. The number of hydrogen-bond donors (Lipinski definition) is 1. The van der Waals surface area contributed by atoms with Crippen LogP contribution in [-0.2, 0) is 10.8 Å². The van der Waals surface area contributed by atoms with Gasteiger partial charge in [-0.1, -0.05) is 0 Å². The van der Waals surface area contributed by atoms with E-state index >= 15 is 0 Å². The second-order valence-electron chi connectivity index (χ2n) is 4.99. The van der Waals surface area contributed by atoms with Gasteiger partial charge in [-0.15, -0.1) is 0 Å². The molecule has 1 saturated heterocycles. The highest BCUT2D eigenvalue weighted by Gasteiger charge is 2.34. The standard InChI is InChI=1S/C11H19N3OS/c1-11(8-12,13-10-2-3-10)9-14-4-6-16(15)7-5-14/h10,13H,2-7,9H2,1H3. The summed E-state index contributed by atoms with van der Waals surface area (Å²) in [7, 11) is -0.635. The van der Waals surface area contributed by atoms with Gasteiger partial charge in [0.15, 0.2) is 0 Å². The highest BCUT2D eigenvalue weighted by Crippen LogP contribution is 2.23. The fourth-order valence-corrected chi connectivity index (χ4v) is 3.20. The summed E-state index contributed by atoms with van der Waals surface area (Å²) < 4.78 is 11.2. The summed E-state index contributed by atoms with van der Waals surface area (Å²) in [6.45, 7) is 4.43. The number of hydrogen-bond acceptors (Lipinski definition) is 4. The lowest BCUT2D eigenvalue weighted by Gasteiger charge is -2.33. The molecule has 0 aromatic heterocycles. The number of rotatable bonds is 4. The topological polar surface area (TPSA) is 56.1 Å². The Morgan fingerprint density at radius 3 is 2.62 bits per heavy atom. The Labute approximate surface area is 99.5 Å². The maximum absolute atomic E-state index is 11.2. The first-order valence-electron chi connectivity index (χ1n) is 5.88. The lowest BCUT2D eigenvalue weighted by atomic mass is 10.0. The molecule has 0 radical (unpaired) electrons. The van der Waals surface area contributed by atoms with E-state index in [1.807, 2.05) is 6.92 Å². The number of nitrogens with one attached hydrogen (secondary N) is 1. The molecule has 16 heavy (non-hydrogen) atoms. The third-order valence-corrected chi connectivity index (χ3v) is 4.43. The van der Waals surface area contributed by atoms with Crippen LogP contribution in [-0.4, -0.2) is 51.8 Å². The Bertz CT molecular complexity index is 314. The van der Waals surface area contributed by atoms with Crippen molar-refractivity contribution in [3.63, 3.8) is 0 Å². The maximum atomic E-state index is 11.2. The van der Waals surface area contributed by atoms with Crippen molar-refractivity contribution >= 4 is 10.8 Å². The number of nitriles is 1. The van der Waals surface area contributed by atoms with Crippen LogP contribution in [0.1, 0.15) is 19.8 Å². The zero-order valence-corrected chi connectivity index (χ0v) is 10.6. The van der Waals surface area contributed by atoms with E-state index in [0.29, 0.717) is 6.04 Å². The zero-order chi connectivity index (χ0) is 11.6. The summed E-state index contributed by atoms with van der Waals surface area (Å²) in [6.07, 6.45) is 2.39. The number of nitrogens with zero attached hydrogens (tertiary/aromatic N) is 2. The van der Waals surface area contributed by atoms with E-state index < -0.39 is 16.3 Å². The molecule has 4 nitrogen and oxygen atoms in total. The quantitative estimate of drug-likeness (QED) is 0.757. The minimum Gasteiger partial charge on any atom is -0.299 e. The van der Waals surface area contributed by atoms with Gasteiger partial charge in [0.1, 0.15) is 5.54 Å². The van der Waals surface area contributed by atoms with E-state index in [9.17, 15) is 9.47 Å². The molecule has 90 valence electrons. The smallest absolute Gasteiger partial charge is 0.116 e. The van der Waals surface area contributed by atoms with Crippen LogP contribution in [0.25, 0.3) is 0 Å². The molecule has 1 heterocycles. The maximum Gasteiger partial charge on any atom is 0.116 e. The molecule has 2 fully saturated rings. The molecule has 2 rings (SSSR count). The van der Waals surface area contributed by atoms with Gasteiger partial charge in [-0.25, -0.2) is 0 Å². The van der Waals surface area contributed by atoms with Gasteiger partial charge in [-0.05, 0) is 19.8 Å². The summed E-state index contributed by atoms with van der Waals surface area (Å²) in [5.74, 6) is 1.51. The SMILES string of the molecule is CC(C#N)(CN1CCS(=O)CC1)NC1CC1. The van der Waals surface area contributed by atoms with Gasteiger partial charge in [-0.2, -0.15) is 5.26 Å². The lowest BCUT2D eigenvalue weighted by molar-refractivity contribution is 0.235. The minimum atomic E-state index is -0.635. The van der Waals surface area contributed by atoms with Crippen LogP contribution in [0.15, 0.2) is 0 Å². The van der Waals surface area contributed by atoms with Gasteiger partial charge in [0.25, 0.3) is 0 Å². The van der Waals surface area contributed by atoms with Gasteiger partial charge in [0.2, 0.25) is 0 Å². The zero-order valence-electron chi connectivity index (χ0n) is 9.74. The molecule has 1 unspecified atom stereocenters. The molecular formula is C11H19N3OS. The Hall–Kier alpha value is -0.440. The molecule has 5 heteroatoms. The molecule has 0 bridgehead atoms. The molecule has 1 atom stereocenters. The Kier molecular flexibility index (Phi) is 3.63. The predicted octanol–water partition coefficient (Wildman–Crippen LogP) is 0.0850. The van der Waals surface area contributed by atoms with Gasteiger partial charge >= 0.3 is 0 Å². The summed E-state index contributed by atoms with van der Waals surface area (Å²) in [6, 6.07) is 2.92. The highest BCUT2D eigenvalue weighted by atomic mass is 32.2. The summed E-state index contributed by atoms with van der Waals surface area (Å²) in [5.41, 5.74) is -0.444. The summed E-state index contributed by atoms with van der Waals surface area (Å²) in [5, 5.41) is 12.6. The van der Waals surface area contributed by atoms with Crippen molar-refractivity contribution < 1.29 is 4.21 Å². The Morgan fingerprint density at radius 2 is 2.12 bits per heavy atom. The summed E-state index contributed by atoms with van der Waals surface area (Å²) in [4.78, 5) is 2.25. The van der Waals surface area contributed by atoms with Crippen LogP contribution < -0.4 is 5.32 Å². The van der Waals surface area contributed by atoms with Crippen molar-refractivity contribution in [2.45, 2.75) is 31.3 Å². The third kappa shape index (κ3) is 3.27. The molecule has 0 spiro atoms. The van der Waals surface area contributed by atoms with Crippen LogP contribution in [0.2, 0.25) is 0 Å². The first kappa shape index (κ1) is 12.0. The fraction of sp³-hybridized carbons (Fsp3) is 0.909. The average Bonchev–Trinajstić information content (AvgIpc) is 3.05. The molecule has 0 amide bonds. The van der Waals surface area contributed by atoms with Crippen molar-refractivity contribution in [3.05, 3.63) is 0 Å². The molecular weight excluding hydrogens is 222 g/mol. The van der Waals surface area contributed by atoms with E-state index in [1.54, 1.807) is 0 Å². The largest absolute Gasteiger partial charge is 0.299 e. The van der Waals surface area contributed by atoms with Crippen LogP contribution in [0.4, 0.5) is 0 Å². The van der Waals surface area contributed by atoms with Crippen LogP contribution in [0.3, 0.4) is 0 Å².